The van der Waals surface area contributed by atoms with E-state index < -0.39 is 41.8 Å². The van der Waals surface area contributed by atoms with Crippen molar-refractivity contribution in [3.63, 3.8) is 0 Å². The Hall–Kier alpha value is -4.63. The molecule has 6 rings (SSSR count). The molecule has 10 nitrogen and oxygen atoms in total. The average Bonchev–Trinajstić information content (AvgIpc) is 3.67. The van der Waals surface area contributed by atoms with E-state index in [1.807, 2.05) is 0 Å². The number of hydrogen-bond donors (Lipinski definition) is 2. The largest absolute Gasteiger partial charge is 0.351 e. The summed E-state index contributed by atoms with van der Waals surface area (Å²) in [6.07, 6.45) is 4.56. The number of nitriles is 1. The number of carbonyl (C=O) groups excluding carboxylic acids is 3. The summed E-state index contributed by atoms with van der Waals surface area (Å²) >= 11 is 6.67. The molecule has 1 aromatic heterocycles. The lowest BCUT2D eigenvalue weighted by molar-refractivity contribution is -0.132. The smallest absolute Gasteiger partial charge is 0.251 e. The number of nitrogens with zero attached hydrogens (tertiary/aromatic N) is 5. The lowest BCUT2D eigenvalue weighted by Crippen LogP contribution is -2.54. The maximum Gasteiger partial charge on any atom is 0.251 e. The minimum absolute atomic E-state index is 0.0724. The number of H-pyrrole nitrogens is 1. The summed E-state index contributed by atoms with van der Waals surface area (Å²) in [7, 11) is 0. The Balaban J connectivity index is 1.44. The van der Waals surface area contributed by atoms with E-state index in [1.54, 1.807) is 54.7 Å². The molecule has 1 aliphatic carbocycles. The van der Waals surface area contributed by atoms with Crippen LogP contribution >= 0.6 is 11.6 Å². The zero-order valence-corrected chi connectivity index (χ0v) is 24.9. The van der Waals surface area contributed by atoms with Gasteiger partial charge in [-0.2, -0.15) is 10.4 Å². The monoisotopic (exact) mass is 633 g/mol. The quantitative estimate of drug-likeness (QED) is 0.373. The maximum atomic E-state index is 14.8. The van der Waals surface area contributed by atoms with Crippen molar-refractivity contribution in [3.8, 4) is 6.07 Å². The van der Waals surface area contributed by atoms with Crippen molar-refractivity contribution in [1.82, 2.24) is 20.4 Å². The molecule has 1 saturated heterocycles. The van der Waals surface area contributed by atoms with Crippen LogP contribution in [0.25, 0.3) is 10.9 Å². The first-order chi connectivity index (χ1) is 21.6. The van der Waals surface area contributed by atoms with Gasteiger partial charge in [-0.05, 0) is 49.6 Å². The Kier molecular flexibility index (Phi) is 8.38. The van der Waals surface area contributed by atoms with E-state index in [2.05, 4.69) is 26.6 Å². The number of fused-ring (bicyclic) bond motifs is 1. The molecule has 232 valence electrons. The van der Waals surface area contributed by atoms with Crippen LogP contribution in [0.5, 0.6) is 0 Å². The number of aromatic nitrogens is 2. The third kappa shape index (κ3) is 6.17. The fourth-order valence-corrected chi connectivity index (χ4v) is 6.48. The number of benzene rings is 2. The van der Waals surface area contributed by atoms with E-state index in [-0.39, 0.29) is 55.9 Å². The van der Waals surface area contributed by atoms with Gasteiger partial charge < -0.3 is 5.32 Å². The Morgan fingerprint density at radius 2 is 1.96 bits per heavy atom. The molecule has 1 unspecified atom stereocenters. The summed E-state index contributed by atoms with van der Waals surface area (Å²) in [5.41, 5.74) is 1.28. The number of halogens is 3. The number of rotatable bonds is 6. The van der Waals surface area contributed by atoms with Crippen molar-refractivity contribution in [2.24, 2.45) is 10.9 Å². The van der Waals surface area contributed by atoms with Crippen LogP contribution in [0.1, 0.15) is 56.6 Å². The third-order valence-corrected chi connectivity index (χ3v) is 8.94. The SMILES string of the molecule is N#CC1C=CN=C(N2C(=O)CC[C@H]2C(=O)N(c2ccc3cn[nH]c3c2)[C@H](C(=O)NC2CCC(F)(F)CC2)c2ccccc2Cl)C1. The second-order valence-electron chi connectivity index (χ2n) is 11.6. The van der Waals surface area contributed by atoms with Gasteiger partial charge in [-0.1, -0.05) is 29.8 Å². The van der Waals surface area contributed by atoms with Crippen molar-refractivity contribution >= 4 is 51.7 Å². The number of nitrogens with one attached hydrogen (secondary N) is 2. The van der Waals surface area contributed by atoms with E-state index >= 15 is 0 Å². The molecular formula is C32H30ClF2N7O3. The molecular weight excluding hydrogens is 604 g/mol. The van der Waals surface area contributed by atoms with Crippen molar-refractivity contribution in [2.75, 3.05) is 4.90 Å². The van der Waals surface area contributed by atoms with Crippen LogP contribution in [0.4, 0.5) is 14.5 Å². The van der Waals surface area contributed by atoms with Crippen LogP contribution in [-0.4, -0.2) is 56.7 Å². The molecule has 3 atom stereocenters. The number of amidine groups is 1. The summed E-state index contributed by atoms with van der Waals surface area (Å²) < 4.78 is 27.9. The number of anilines is 1. The lowest BCUT2D eigenvalue weighted by atomic mass is 9.91. The lowest BCUT2D eigenvalue weighted by Gasteiger charge is -2.37. The second-order valence-corrected chi connectivity index (χ2v) is 12.0. The molecule has 2 aliphatic heterocycles. The van der Waals surface area contributed by atoms with Gasteiger partial charge in [0.2, 0.25) is 17.7 Å². The molecule has 0 radical (unpaired) electrons. The molecule has 0 spiro atoms. The first kappa shape index (κ1) is 30.4. The molecule has 45 heavy (non-hydrogen) atoms. The van der Waals surface area contributed by atoms with Gasteiger partial charge in [0.05, 0.1) is 23.7 Å². The number of aliphatic imine (C=N–C) groups is 1. The van der Waals surface area contributed by atoms with Gasteiger partial charge in [-0.3, -0.25) is 29.3 Å². The van der Waals surface area contributed by atoms with Crippen molar-refractivity contribution in [2.45, 2.75) is 69.0 Å². The topological polar surface area (TPSA) is 135 Å². The molecule has 1 saturated carbocycles. The van der Waals surface area contributed by atoms with Gasteiger partial charge in [0, 0.05) is 59.6 Å². The van der Waals surface area contributed by atoms with Crippen LogP contribution in [0.2, 0.25) is 5.02 Å². The van der Waals surface area contributed by atoms with Crippen LogP contribution in [0, 0.1) is 17.2 Å². The van der Waals surface area contributed by atoms with Crippen LogP contribution in [0.3, 0.4) is 0 Å². The first-order valence-corrected chi connectivity index (χ1v) is 15.2. The molecule has 3 amide bonds. The van der Waals surface area contributed by atoms with Gasteiger partial charge in [0.25, 0.3) is 5.91 Å². The normalized spacial score (nSPS) is 22.1. The number of aromatic amines is 1. The number of allylic oxidation sites excluding steroid dienone is 1. The predicted molar refractivity (Wildman–Crippen MR) is 163 cm³/mol. The Morgan fingerprint density at radius 3 is 2.71 bits per heavy atom. The molecule has 2 N–H and O–H groups in total. The molecule has 2 aromatic carbocycles. The highest BCUT2D eigenvalue weighted by Crippen LogP contribution is 2.38. The Bertz CT molecular complexity index is 1740. The number of alkyl halides is 2. The highest BCUT2D eigenvalue weighted by atomic mass is 35.5. The highest BCUT2D eigenvalue weighted by molar-refractivity contribution is 6.31. The van der Waals surface area contributed by atoms with Gasteiger partial charge >= 0.3 is 0 Å². The number of hydrogen-bond acceptors (Lipinski definition) is 6. The summed E-state index contributed by atoms with van der Waals surface area (Å²) in [5, 5.41) is 20.4. The van der Waals surface area contributed by atoms with Gasteiger partial charge in [-0.25, -0.2) is 13.8 Å². The standard InChI is InChI=1S/C32H30ClF2N7O3/c33-24-4-2-1-3-23(24)29(30(44)39-21-9-12-32(34,35)13-10-21)41(22-6-5-20-18-38-40-25(20)16-22)31(45)26-7-8-28(43)42(26)27-15-19(17-36)11-14-37-27/h1-6,11,14,16,18-19,21,26,29H,7-10,12-13,15H2,(H,38,40)(H,39,44)/t19?,26-,29-/m0/s1. The van der Waals surface area contributed by atoms with Gasteiger partial charge in [-0.15, -0.1) is 0 Å². The third-order valence-electron chi connectivity index (χ3n) is 8.60. The van der Waals surface area contributed by atoms with Crippen molar-refractivity contribution in [3.05, 3.63) is 71.5 Å². The minimum Gasteiger partial charge on any atom is -0.351 e. The van der Waals surface area contributed by atoms with Gasteiger partial charge in [0.15, 0.2) is 0 Å². The molecule has 2 fully saturated rings. The molecule has 13 heteroatoms. The molecule has 3 heterocycles. The van der Waals surface area contributed by atoms with E-state index in [1.165, 1.54) is 16.0 Å². The van der Waals surface area contributed by atoms with E-state index in [0.29, 0.717) is 22.6 Å². The predicted octanol–water partition coefficient (Wildman–Crippen LogP) is 5.43. The van der Waals surface area contributed by atoms with Gasteiger partial charge in [0.1, 0.15) is 17.9 Å². The van der Waals surface area contributed by atoms with Crippen LogP contribution in [-0.2, 0) is 14.4 Å². The van der Waals surface area contributed by atoms with E-state index in [9.17, 15) is 28.4 Å². The minimum atomic E-state index is -2.79. The van der Waals surface area contributed by atoms with E-state index in [4.69, 9.17) is 11.6 Å². The average molecular weight is 634 g/mol. The summed E-state index contributed by atoms with van der Waals surface area (Å²) in [4.78, 5) is 49.3. The number of likely N-dealkylation sites (tertiary alicyclic amines) is 1. The van der Waals surface area contributed by atoms with E-state index in [0.717, 1.165) is 5.39 Å². The van der Waals surface area contributed by atoms with Crippen LogP contribution < -0.4 is 10.2 Å². The van der Waals surface area contributed by atoms with Crippen molar-refractivity contribution < 1.29 is 23.2 Å². The molecule has 0 bridgehead atoms. The fourth-order valence-electron chi connectivity index (χ4n) is 6.24. The maximum absolute atomic E-state index is 14.8. The summed E-state index contributed by atoms with van der Waals surface area (Å²) in [6.45, 7) is 0. The Morgan fingerprint density at radius 1 is 1.18 bits per heavy atom. The number of amides is 3. The summed E-state index contributed by atoms with van der Waals surface area (Å²) in [6, 6.07) is 11.1. The second kappa shape index (κ2) is 12.4. The number of carbonyl (C=O) groups is 3. The zero-order chi connectivity index (χ0) is 31.7. The summed E-state index contributed by atoms with van der Waals surface area (Å²) in [5.74, 6) is -4.45. The zero-order valence-electron chi connectivity index (χ0n) is 24.1. The Labute approximate surface area is 262 Å². The van der Waals surface area contributed by atoms with Crippen LogP contribution in [0.15, 0.2) is 65.9 Å². The fraction of sp³-hybridized carbons (Fsp3) is 0.375. The van der Waals surface area contributed by atoms with Crippen molar-refractivity contribution in [1.29, 1.82) is 5.26 Å². The molecule has 3 aliphatic rings. The highest BCUT2D eigenvalue weighted by Gasteiger charge is 2.46. The first-order valence-electron chi connectivity index (χ1n) is 14.8. The molecule has 3 aromatic rings.